The molecule has 104 valence electrons. The van der Waals surface area contributed by atoms with Gasteiger partial charge in [0.25, 0.3) is 0 Å². The zero-order valence-corrected chi connectivity index (χ0v) is 12.1. The van der Waals surface area contributed by atoms with E-state index in [9.17, 15) is 9.90 Å². The molecule has 2 amide bonds. The maximum Gasteiger partial charge on any atom is 0.327 e. The van der Waals surface area contributed by atoms with Gasteiger partial charge in [-0.05, 0) is 39.8 Å². The summed E-state index contributed by atoms with van der Waals surface area (Å²) in [4.78, 5) is 16.0. The molecular weight excluding hydrogens is 240 g/mol. The summed E-state index contributed by atoms with van der Waals surface area (Å²) in [6, 6.07) is 9.18. The van der Waals surface area contributed by atoms with Crippen molar-refractivity contribution < 1.29 is 9.90 Å². The van der Waals surface area contributed by atoms with Crippen LogP contribution >= 0.6 is 0 Å². The molecule has 0 unspecified atom stereocenters. The fourth-order valence-electron chi connectivity index (χ4n) is 3.11. The van der Waals surface area contributed by atoms with Gasteiger partial charge in [-0.25, -0.2) is 4.79 Å². The minimum absolute atomic E-state index is 0.144. The number of amides is 2. The number of carbonyl (C=O) groups is 1. The Kier molecular flexibility index (Phi) is 3.31. The highest BCUT2D eigenvalue weighted by molar-refractivity contribution is 5.94. The Morgan fingerprint density at radius 2 is 1.79 bits per heavy atom. The topological polar surface area (TPSA) is 43.8 Å². The first-order valence-corrected chi connectivity index (χ1v) is 6.69. The van der Waals surface area contributed by atoms with E-state index in [-0.39, 0.29) is 11.6 Å². The van der Waals surface area contributed by atoms with Gasteiger partial charge in [0.2, 0.25) is 0 Å². The summed E-state index contributed by atoms with van der Waals surface area (Å²) in [6.07, 6.45) is 0.508. The normalized spacial score (nSPS) is 26.7. The molecule has 1 aromatic rings. The van der Waals surface area contributed by atoms with Gasteiger partial charge in [0, 0.05) is 24.2 Å². The first-order chi connectivity index (χ1) is 8.79. The van der Waals surface area contributed by atoms with Gasteiger partial charge < -0.3 is 10.0 Å². The Bertz CT molecular complexity index is 468. The molecule has 0 radical (unpaired) electrons. The molecule has 0 aliphatic carbocycles. The molecule has 1 N–H and O–H groups in total. The SMILES string of the molecule is CCN1C(=O)N(c2ccccc2)[C@@](C)(O)CC1(C)C. The average molecular weight is 262 g/mol. The van der Waals surface area contributed by atoms with Gasteiger partial charge in [-0.3, -0.25) is 4.90 Å². The van der Waals surface area contributed by atoms with Crippen LogP contribution in [0, 0.1) is 0 Å². The van der Waals surface area contributed by atoms with E-state index in [1.165, 1.54) is 4.90 Å². The van der Waals surface area contributed by atoms with E-state index >= 15 is 0 Å². The molecule has 1 fully saturated rings. The lowest BCUT2D eigenvalue weighted by molar-refractivity contribution is -0.0238. The summed E-state index contributed by atoms with van der Waals surface area (Å²) >= 11 is 0. The predicted octanol–water partition coefficient (Wildman–Crippen LogP) is 2.83. The zero-order valence-electron chi connectivity index (χ0n) is 12.1. The van der Waals surface area contributed by atoms with Crippen molar-refractivity contribution in [3.8, 4) is 0 Å². The van der Waals surface area contributed by atoms with E-state index in [0.29, 0.717) is 13.0 Å². The second-order valence-corrected chi connectivity index (χ2v) is 5.90. The molecule has 1 heterocycles. The van der Waals surface area contributed by atoms with E-state index in [1.807, 2.05) is 51.1 Å². The van der Waals surface area contributed by atoms with E-state index in [0.717, 1.165) is 5.69 Å². The predicted molar refractivity (Wildman–Crippen MR) is 76.0 cm³/mol. The van der Waals surface area contributed by atoms with Gasteiger partial charge in [-0.1, -0.05) is 18.2 Å². The number of rotatable bonds is 2. The summed E-state index contributed by atoms with van der Waals surface area (Å²) in [5.41, 5.74) is -0.791. The van der Waals surface area contributed by atoms with Crippen LogP contribution in [0.3, 0.4) is 0 Å². The number of urea groups is 1. The summed E-state index contributed by atoms with van der Waals surface area (Å²) < 4.78 is 0. The van der Waals surface area contributed by atoms with E-state index < -0.39 is 5.72 Å². The van der Waals surface area contributed by atoms with Gasteiger partial charge in [-0.2, -0.15) is 0 Å². The van der Waals surface area contributed by atoms with Crippen molar-refractivity contribution in [2.45, 2.75) is 45.4 Å². The van der Waals surface area contributed by atoms with Crippen LogP contribution in [-0.4, -0.2) is 33.8 Å². The largest absolute Gasteiger partial charge is 0.371 e. The summed E-state index contributed by atoms with van der Waals surface area (Å²) in [6.45, 7) is 8.27. The fraction of sp³-hybridized carbons (Fsp3) is 0.533. The quantitative estimate of drug-likeness (QED) is 0.890. The molecule has 0 saturated carbocycles. The van der Waals surface area contributed by atoms with Crippen LogP contribution in [0.1, 0.15) is 34.1 Å². The molecule has 2 rings (SSSR count). The standard InChI is InChI=1S/C15H22N2O2/c1-5-16-13(18)17(12-9-7-6-8-10-12)15(4,19)11-14(16,2)3/h6-10,19H,5,11H2,1-4H3/t15-/m0/s1. The molecule has 4 heteroatoms. The lowest BCUT2D eigenvalue weighted by Gasteiger charge is -2.53. The van der Waals surface area contributed by atoms with Gasteiger partial charge in [0.05, 0.1) is 0 Å². The van der Waals surface area contributed by atoms with Crippen LogP contribution in [0.4, 0.5) is 10.5 Å². The van der Waals surface area contributed by atoms with Crippen molar-refractivity contribution in [1.29, 1.82) is 0 Å². The van der Waals surface area contributed by atoms with Crippen LogP contribution in [0.25, 0.3) is 0 Å². The third-order valence-electron chi connectivity index (χ3n) is 3.73. The number of nitrogens with zero attached hydrogens (tertiary/aromatic N) is 2. The summed E-state index contributed by atoms with van der Waals surface area (Å²) in [5, 5.41) is 10.7. The number of para-hydroxylation sites is 1. The van der Waals surface area contributed by atoms with Crippen molar-refractivity contribution in [2.24, 2.45) is 0 Å². The van der Waals surface area contributed by atoms with Crippen molar-refractivity contribution in [2.75, 3.05) is 11.4 Å². The minimum atomic E-state index is -1.17. The molecule has 0 bridgehead atoms. The fourth-order valence-corrected chi connectivity index (χ4v) is 3.11. The maximum absolute atomic E-state index is 12.7. The minimum Gasteiger partial charge on any atom is -0.371 e. The molecule has 4 nitrogen and oxygen atoms in total. The maximum atomic E-state index is 12.7. The Morgan fingerprint density at radius 3 is 2.32 bits per heavy atom. The average Bonchev–Trinajstić information content (AvgIpc) is 2.27. The van der Waals surface area contributed by atoms with Gasteiger partial charge in [-0.15, -0.1) is 0 Å². The van der Waals surface area contributed by atoms with Gasteiger partial charge >= 0.3 is 6.03 Å². The number of hydrogen-bond acceptors (Lipinski definition) is 2. The molecular formula is C15H22N2O2. The second-order valence-electron chi connectivity index (χ2n) is 5.90. The molecule has 1 aliphatic rings. The second kappa shape index (κ2) is 4.53. The smallest absolute Gasteiger partial charge is 0.327 e. The van der Waals surface area contributed by atoms with Crippen molar-refractivity contribution in [3.05, 3.63) is 30.3 Å². The number of carbonyl (C=O) groups excluding carboxylic acids is 1. The summed E-state index contributed by atoms with van der Waals surface area (Å²) in [7, 11) is 0. The van der Waals surface area contributed by atoms with E-state index in [1.54, 1.807) is 11.8 Å². The summed E-state index contributed by atoms with van der Waals surface area (Å²) in [5.74, 6) is 0. The van der Waals surface area contributed by atoms with Gasteiger partial charge in [0.1, 0.15) is 5.72 Å². The third kappa shape index (κ3) is 2.32. The van der Waals surface area contributed by atoms with Crippen LogP contribution in [-0.2, 0) is 0 Å². The lowest BCUT2D eigenvalue weighted by atomic mass is 9.87. The Morgan fingerprint density at radius 1 is 1.21 bits per heavy atom. The van der Waals surface area contributed by atoms with Crippen molar-refractivity contribution in [1.82, 2.24) is 4.90 Å². The number of anilines is 1. The molecule has 0 aromatic heterocycles. The number of aliphatic hydroxyl groups is 1. The molecule has 19 heavy (non-hydrogen) atoms. The van der Waals surface area contributed by atoms with Gasteiger partial charge in [0.15, 0.2) is 0 Å². The Hall–Kier alpha value is -1.55. The molecule has 1 atom stereocenters. The highest BCUT2D eigenvalue weighted by atomic mass is 16.3. The number of hydrogen-bond donors (Lipinski definition) is 1. The van der Waals surface area contributed by atoms with E-state index in [4.69, 9.17) is 0 Å². The van der Waals surface area contributed by atoms with Crippen LogP contribution in [0.15, 0.2) is 30.3 Å². The Balaban J connectivity index is 2.46. The highest BCUT2D eigenvalue weighted by Crippen LogP contribution is 2.38. The van der Waals surface area contributed by atoms with Crippen molar-refractivity contribution in [3.63, 3.8) is 0 Å². The third-order valence-corrected chi connectivity index (χ3v) is 3.73. The van der Waals surface area contributed by atoms with Crippen molar-refractivity contribution >= 4 is 11.7 Å². The first kappa shape index (κ1) is 13.9. The zero-order chi connectivity index (χ0) is 14.3. The highest BCUT2D eigenvalue weighted by Gasteiger charge is 2.49. The Labute approximate surface area is 114 Å². The van der Waals surface area contributed by atoms with E-state index in [2.05, 4.69) is 0 Å². The first-order valence-electron chi connectivity index (χ1n) is 6.69. The monoisotopic (exact) mass is 262 g/mol. The number of benzene rings is 1. The molecule has 1 saturated heterocycles. The lowest BCUT2D eigenvalue weighted by Crippen LogP contribution is -2.68. The van der Waals surface area contributed by atoms with Crippen LogP contribution < -0.4 is 4.90 Å². The van der Waals surface area contributed by atoms with Crippen LogP contribution in [0.2, 0.25) is 0 Å². The molecule has 0 spiro atoms. The van der Waals surface area contributed by atoms with Crippen LogP contribution in [0.5, 0.6) is 0 Å². The molecule has 1 aromatic carbocycles. The molecule has 1 aliphatic heterocycles.